The number of halogens is 2. The highest BCUT2D eigenvalue weighted by Crippen LogP contribution is 2.28. The molecule has 0 radical (unpaired) electrons. The molecule has 1 heterocycles. The number of rotatable bonds is 2. The monoisotopic (exact) mass is 254 g/mol. The molecule has 88 valence electrons. The van der Waals surface area contributed by atoms with E-state index in [1.807, 2.05) is 6.92 Å². The van der Waals surface area contributed by atoms with Gasteiger partial charge in [-0.2, -0.15) is 0 Å². The van der Waals surface area contributed by atoms with Gasteiger partial charge < -0.3 is 0 Å². The molecule has 1 aromatic heterocycles. The van der Waals surface area contributed by atoms with Gasteiger partial charge in [0.1, 0.15) is 16.5 Å². The second kappa shape index (κ2) is 4.25. The average Bonchev–Trinajstić information content (AvgIpc) is 2.27. The SMILES string of the molecule is CCc1cc2cc(F)cc([N+](=O)[O-])c2nc1Cl. The molecule has 0 amide bonds. The third-order valence-electron chi connectivity index (χ3n) is 2.47. The Labute approximate surface area is 101 Å². The number of nitro groups is 1. The molecule has 2 aromatic rings. The quantitative estimate of drug-likeness (QED) is 0.468. The Morgan fingerprint density at radius 1 is 1.47 bits per heavy atom. The first-order chi connectivity index (χ1) is 8.02. The number of benzene rings is 1. The Morgan fingerprint density at radius 2 is 2.18 bits per heavy atom. The van der Waals surface area contributed by atoms with Crippen LogP contribution in [0.2, 0.25) is 5.15 Å². The van der Waals surface area contributed by atoms with Gasteiger partial charge in [-0.1, -0.05) is 18.5 Å². The number of aromatic nitrogens is 1. The largest absolute Gasteiger partial charge is 0.298 e. The lowest BCUT2D eigenvalue weighted by Crippen LogP contribution is -1.95. The van der Waals surface area contributed by atoms with E-state index in [-0.39, 0.29) is 16.4 Å². The smallest absolute Gasteiger partial charge is 0.258 e. The number of nitro benzene ring substituents is 1. The summed E-state index contributed by atoms with van der Waals surface area (Å²) in [6.45, 7) is 1.88. The molecule has 0 saturated heterocycles. The van der Waals surface area contributed by atoms with Crippen LogP contribution in [0.15, 0.2) is 18.2 Å². The molecule has 0 fully saturated rings. The van der Waals surface area contributed by atoms with Crippen LogP contribution in [0.25, 0.3) is 10.9 Å². The molecule has 0 bridgehead atoms. The topological polar surface area (TPSA) is 56.0 Å². The molecule has 1 aromatic carbocycles. The molecule has 6 heteroatoms. The van der Waals surface area contributed by atoms with Crippen molar-refractivity contribution in [1.29, 1.82) is 0 Å². The van der Waals surface area contributed by atoms with E-state index < -0.39 is 10.7 Å². The summed E-state index contributed by atoms with van der Waals surface area (Å²) in [6, 6.07) is 3.68. The zero-order chi connectivity index (χ0) is 12.6. The Kier molecular flexibility index (Phi) is 2.93. The van der Waals surface area contributed by atoms with Gasteiger partial charge in [-0.15, -0.1) is 0 Å². The first-order valence-electron chi connectivity index (χ1n) is 4.96. The highest BCUT2D eigenvalue weighted by molar-refractivity contribution is 6.30. The minimum absolute atomic E-state index is 0.110. The van der Waals surface area contributed by atoms with Gasteiger partial charge in [0, 0.05) is 5.39 Å². The zero-order valence-electron chi connectivity index (χ0n) is 8.91. The van der Waals surface area contributed by atoms with Gasteiger partial charge in [0.25, 0.3) is 5.69 Å². The highest BCUT2D eigenvalue weighted by Gasteiger charge is 2.17. The number of nitrogens with zero attached hydrogens (tertiary/aromatic N) is 2. The van der Waals surface area contributed by atoms with Crippen molar-refractivity contribution in [3.05, 3.63) is 44.8 Å². The van der Waals surface area contributed by atoms with Crippen molar-refractivity contribution in [2.75, 3.05) is 0 Å². The number of aryl methyl sites for hydroxylation is 1. The summed E-state index contributed by atoms with van der Waals surface area (Å²) in [5.74, 6) is -0.657. The summed E-state index contributed by atoms with van der Waals surface area (Å²) < 4.78 is 13.2. The lowest BCUT2D eigenvalue weighted by molar-refractivity contribution is -0.383. The predicted molar refractivity (Wildman–Crippen MR) is 62.7 cm³/mol. The van der Waals surface area contributed by atoms with Crippen LogP contribution in [0.3, 0.4) is 0 Å². The zero-order valence-corrected chi connectivity index (χ0v) is 9.66. The van der Waals surface area contributed by atoms with Crippen molar-refractivity contribution in [3.8, 4) is 0 Å². The van der Waals surface area contributed by atoms with Crippen molar-refractivity contribution in [2.45, 2.75) is 13.3 Å². The summed E-state index contributed by atoms with van der Waals surface area (Å²) >= 11 is 5.89. The average molecular weight is 255 g/mol. The van der Waals surface area contributed by atoms with Crippen LogP contribution in [0.1, 0.15) is 12.5 Å². The molecular weight excluding hydrogens is 247 g/mol. The van der Waals surface area contributed by atoms with Crippen molar-refractivity contribution in [2.24, 2.45) is 0 Å². The number of non-ortho nitro benzene ring substituents is 1. The van der Waals surface area contributed by atoms with E-state index in [0.29, 0.717) is 11.8 Å². The van der Waals surface area contributed by atoms with Crippen LogP contribution in [0.4, 0.5) is 10.1 Å². The number of pyridine rings is 1. The molecule has 0 N–H and O–H groups in total. The normalized spacial score (nSPS) is 10.8. The van der Waals surface area contributed by atoms with Gasteiger partial charge in [-0.25, -0.2) is 9.37 Å². The van der Waals surface area contributed by atoms with Gasteiger partial charge >= 0.3 is 0 Å². The van der Waals surface area contributed by atoms with Gasteiger partial charge in [0.2, 0.25) is 0 Å². The fourth-order valence-corrected chi connectivity index (χ4v) is 1.91. The van der Waals surface area contributed by atoms with Crippen molar-refractivity contribution >= 4 is 28.2 Å². The summed E-state index contributed by atoms with van der Waals surface area (Å²) in [5, 5.41) is 11.4. The minimum atomic E-state index is -0.666. The standard InChI is InChI=1S/C11H8ClFN2O2/c1-2-6-3-7-4-8(13)5-9(15(16)17)10(7)14-11(6)12/h3-5H,2H2,1H3. The van der Waals surface area contributed by atoms with Crippen molar-refractivity contribution in [3.63, 3.8) is 0 Å². The fourth-order valence-electron chi connectivity index (χ4n) is 1.64. The third kappa shape index (κ3) is 2.06. The summed E-state index contributed by atoms with van der Waals surface area (Å²) in [4.78, 5) is 14.1. The molecule has 2 rings (SSSR count). The second-order valence-corrected chi connectivity index (χ2v) is 3.90. The van der Waals surface area contributed by atoms with Gasteiger partial charge in [-0.3, -0.25) is 10.1 Å². The molecule has 0 aliphatic carbocycles. The second-order valence-electron chi connectivity index (χ2n) is 3.55. The lowest BCUT2D eigenvalue weighted by Gasteiger charge is -2.04. The van der Waals surface area contributed by atoms with Gasteiger partial charge in [0.15, 0.2) is 0 Å². The van der Waals surface area contributed by atoms with Crippen molar-refractivity contribution in [1.82, 2.24) is 4.98 Å². The first-order valence-corrected chi connectivity index (χ1v) is 5.33. The predicted octanol–water partition coefficient (Wildman–Crippen LogP) is 3.50. The maximum atomic E-state index is 13.2. The van der Waals surface area contributed by atoms with Gasteiger partial charge in [0.05, 0.1) is 11.0 Å². The Bertz CT molecular complexity index is 616. The van der Waals surface area contributed by atoms with Crippen LogP contribution in [0.5, 0.6) is 0 Å². The number of fused-ring (bicyclic) bond motifs is 1. The fraction of sp³-hybridized carbons (Fsp3) is 0.182. The van der Waals surface area contributed by atoms with E-state index in [2.05, 4.69) is 4.98 Å². The van der Waals surface area contributed by atoms with E-state index in [4.69, 9.17) is 11.6 Å². The Hall–Kier alpha value is -1.75. The van der Waals surface area contributed by atoms with E-state index >= 15 is 0 Å². The van der Waals surface area contributed by atoms with E-state index in [9.17, 15) is 14.5 Å². The summed E-state index contributed by atoms with van der Waals surface area (Å²) in [6.07, 6.45) is 0.631. The van der Waals surface area contributed by atoms with Crippen LogP contribution < -0.4 is 0 Å². The number of hydrogen-bond acceptors (Lipinski definition) is 3. The maximum absolute atomic E-state index is 13.2. The molecule has 17 heavy (non-hydrogen) atoms. The van der Waals surface area contributed by atoms with Crippen LogP contribution in [0, 0.1) is 15.9 Å². The molecular formula is C11H8ClFN2O2. The molecule has 0 unspecified atom stereocenters. The highest BCUT2D eigenvalue weighted by atomic mass is 35.5. The summed E-state index contributed by atoms with van der Waals surface area (Å²) in [7, 11) is 0. The Morgan fingerprint density at radius 3 is 2.76 bits per heavy atom. The molecule has 0 atom stereocenters. The van der Waals surface area contributed by atoms with Crippen LogP contribution in [-0.4, -0.2) is 9.91 Å². The summed E-state index contributed by atoms with van der Waals surface area (Å²) in [5.41, 5.74) is 0.474. The third-order valence-corrected chi connectivity index (χ3v) is 2.79. The van der Waals surface area contributed by atoms with E-state index in [1.54, 1.807) is 6.07 Å². The minimum Gasteiger partial charge on any atom is -0.258 e. The molecule has 4 nitrogen and oxygen atoms in total. The molecule has 0 saturated carbocycles. The van der Waals surface area contributed by atoms with Crippen LogP contribution >= 0.6 is 11.6 Å². The first kappa shape index (κ1) is 11.7. The van der Waals surface area contributed by atoms with Gasteiger partial charge in [-0.05, 0) is 24.1 Å². The molecule has 0 aliphatic heterocycles. The Balaban J connectivity index is 2.85. The maximum Gasteiger partial charge on any atom is 0.298 e. The van der Waals surface area contributed by atoms with E-state index in [1.165, 1.54) is 6.07 Å². The number of hydrogen-bond donors (Lipinski definition) is 0. The lowest BCUT2D eigenvalue weighted by atomic mass is 10.1. The van der Waals surface area contributed by atoms with Crippen molar-refractivity contribution < 1.29 is 9.31 Å². The van der Waals surface area contributed by atoms with Crippen LogP contribution in [-0.2, 0) is 6.42 Å². The molecule has 0 aliphatic rings. The van der Waals surface area contributed by atoms with E-state index in [0.717, 1.165) is 11.6 Å². The molecule has 0 spiro atoms.